The van der Waals surface area contributed by atoms with Crippen LogP contribution in [0.15, 0.2) is 24.3 Å². The number of nitrogens with two attached hydrogens (primary N) is 1. The lowest BCUT2D eigenvalue weighted by Gasteiger charge is -2.36. The minimum atomic E-state index is -0.612. The van der Waals surface area contributed by atoms with Gasteiger partial charge in [0.2, 0.25) is 11.8 Å². The molecule has 1 fully saturated rings. The quantitative estimate of drug-likeness (QED) is 0.754. The Bertz CT molecular complexity index is 639. The van der Waals surface area contributed by atoms with Crippen LogP contribution < -0.4 is 10.6 Å². The molecule has 0 spiro atoms. The highest BCUT2D eigenvalue weighted by atomic mass is 35.5. The first kappa shape index (κ1) is 23.7. The van der Waals surface area contributed by atoms with Crippen LogP contribution >= 0.6 is 24.8 Å². The van der Waals surface area contributed by atoms with Gasteiger partial charge >= 0.3 is 0 Å². The first-order valence-corrected chi connectivity index (χ1v) is 8.74. The highest BCUT2D eigenvalue weighted by Gasteiger charge is 2.29. The molecular formula is C18H28Cl2N4O3. The van der Waals surface area contributed by atoms with Gasteiger partial charge in [0.25, 0.3) is 0 Å². The Morgan fingerprint density at radius 1 is 1.11 bits per heavy atom. The summed E-state index contributed by atoms with van der Waals surface area (Å²) in [6.07, 6.45) is 0.918. The third-order valence-electron chi connectivity index (χ3n) is 4.89. The second-order valence-electron chi connectivity index (χ2n) is 6.59. The smallest absolute Gasteiger partial charge is 0.241 e. The van der Waals surface area contributed by atoms with Crippen LogP contribution in [-0.2, 0) is 20.7 Å². The Morgan fingerprint density at radius 3 is 2.44 bits per heavy atom. The van der Waals surface area contributed by atoms with Gasteiger partial charge in [-0.1, -0.05) is 18.2 Å². The van der Waals surface area contributed by atoms with Crippen LogP contribution in [0.4, 0.5) is 5.69 Å². The van der Waals surface area contributed by atoms with Crippen molar-refractivity contribution in [3.8, 4) is 0 Å². The number of rotatable bonds is 5. The van der Waals surface area contributed by atoms with Crippen molar-refractivity contribution in [2.75, 3.05) is 57.9 Å². The zero-order valence-corrected chi connectivity index (χ0v) is 17.1. The molecule has 1 aromatic carbocycles. The van der Waals surface area contributed by atoms with E-state index in [-0.39, 0.29) is 43.2 Å². The zero-order chi connectivity index (χ0) is 17.8. The van der Waals surface area contributed by atoms with Gasteiger partial charge in [-0.2, -0.15) is 0 Å². The minimum absolute atomic E-state index is 0. The number of para-hydroxylation sites is 1. The van der Waals surface area contributed by atoms with Gasteiger partial charge in [0, 0.05) is 45.5 Å². The Kier molecular flexibility index (Phi) is 9.49. The van der Waals surface area contributed by atoms with Crippen LogP contribution in [0.5, 0.6) is 0 Å². The fourth-order valence-corrected chi connectivity index (χ4v) is 3.49. The molecule has 9 heteroatoms. The largest absolute Gasteiger partial charge is 0.383 e. The van der Waals surface area contributed by atoms with Gasteiger partial charge in [-0.15, -0.1) is 24.8 Å². The molecule has 0 radical (unpaired) electrons. The van der Waals surface area contributed by atoms with Crippen molar-refractivity contribution < 1.29 is 14.3 Å². The summed E-state index contributed by atoms with van der Waals surface area (Å²) in [6.45, 7) is 3.94. The standard InChI is InChI=1S/C18H26N4O3.2ClH/c1-25-13-15(19)18(24)21-10-8-20(9-11-21)12-17(23)22-7-6-14-4-2-3-5-16(14)22;;/h2-5,15H,6-13,19H2,1H3;2*1H. The molecule has 3 rings (SSSR count). The molecule has 2 heterocycles. The monoisotopic (exact) mass is 418 g/mol. The summed E-state index contributed by atoms with van der Waals surface area (Å²) in [5.41, 5.74) is 8.08. The van der Waals surface area contributed by atoms with E-state index in [9.17, 15) is 9.59 Å². The Balaban J connectivity index is 0.00000182. The van der Waals surface area contributed by atoms with Crippen molar-refractivity contribution in [1.29, 1.82) is 0 Å². The fraction of sp³-hybridized carbons (Fsp3) is 0.556. The molecule has 2 amide bonds. The molecule has 1 unspecified atom stereocenters. The average Bonchev–Trinajstić information content (AvgIpc) is 3.06. The first-order chi connectivity index (χ1) is 12.1. The highest BCUT2D eigenvalue weighted by Crippen LogP contribution is 2.27. The zero-order valence-electron chi connectivity index (χ0n) is 15.5. The number of anilines is 1. The first-order valence-electron chi connectivity index (χ1n) is 8.74. The predicted molar refractivity (Wildman–Crippen MR) is 110 cm³/mol. The van der Waals surface area contributed by atoms with Crippen molar-refractivity contribution in [2.45, 2.75) is 12.5 Å². The predicted octanol–water partition coefficient (Wildman–Crippen LogP) is 0.537. The number of carbonyl (C=O) groups is 2. The molecule has 1 aromatic rings. The van der Waals surface area contributed by atoms with Gasteiger partial charge in [-0.05, 0) is 18.1 Å². The van der Waals surface area contributed by atoms with Gasteiger partial charge in [0.1, 0.15) is 6.04 Å². The number of carbonyl (C=O) groups excluding carboxylic acids is 2. The molecule has 2 N–H and O–H groups in total. The summed E-state index contributed by atoms with van der Waals surface area (Å²) in [6, 6.07) is 7.46. The van der Waals surface area contributed by atoms with Crippen molar-refractivity contribution in [3.63, 3.8) is 0 Å². The maximum atomic E-state index is 12.7. The van der Waals surface area contributed by atoms with E-state index in [2.05, 4.69) is 11.0 Å². The number of ether oxygens (including phenoxy) is 1. The number of hydrogen-bond donors (Lipinski definition) is 1. The number of piperazine rings is 1. The van der Waals surface area contributed by atoms with Gasteiger partial charge in [0.05, 0.1) is 13.2 Å². The van der Waals surface area contributed by atoms with E-state index in [0.717, 1.165) is 18.7 Å². The van der Waals surface area contributed by atoms with Gasteiger partial charge < -0.3 is 20.3 Å². The second kappa shape index (κ2) is 10.8. The molecule has 0 aliphatic carbocycles. The minimum Gasteiger partial charge on any atom is -0.383 e. The van der Waals surface area contributed by atoms with Gasteiger partial charge in [-0.25, -0.2) is 0 Å². The molecular weight excluding hydrogens is 391 g/mol. The molecule has 0 saturated carbocycles. The van der Waals surface area contributed by atoms with Crippen LogP contribution in [-0.4, -0.2) is 80.6 Å². The van der Waals surface area contributed by atoms with Crippen molar-refractivity contribution in [2.24, 2.45) is 5.73 Å². The van der Waals surface area contributed by atoms with Crippen LogP contribution in [0.3, 0.4) is 0 Å². The van der Waals surface area contributed by atoms with E-state index in [0.29, 0.717) is 32.7 Å². The van der Waals surface area contributed by atoms with E-state index in [4.69, 9.17) is 10.5 Å². The number of benzene rings is 1. The maximum Gasteiger partial charge on any atom is 0.241 e. The fourth-order valence-electron chi connectivity index (χ4n) is 3.49. The second-order valence-corrected chi connectivity index (χ2v) is 6.59. The number of halogens is 2. The molecule has 1 atom stereocenters. The van der Waals surface area contributed by atoms with Gasteiger partial charge in [-0.3, -0.25) is 14.5 Å². The third kappa shape index (κ3) is 5.56. The van der Waals surface area contributed by atoms with Crippen molar-refractivity contribution in [3.05, 3.63) is 29.8 Å². The number of nitrogens with zero attached hydrogens (tertiary/aromatic N) is 3. The summed E-state index contributed by atoms with van der Waals surface area (Å²) < 4.78 is 4.94. The van der Waals surface area contributed by atoms with E-state index >= 15 is 0 Å². The van der Waals surface area contributed by atoms with Crippen LogP contribution in [0.1, 0.15) is 5.56 Å². The SMILES string of the molecule is COCC(N)C(=O)N1CCN(CC(=O)N2CCc3ccccc32)CC1.Cl.Cl. The molecule has 2 aliphatic rings. The van der Waals surface area contributed by atoms with Crippen LogP contribution in [0, 0.1) is 0 Å². The van der Waals surface area contributed by atoms with Crippen LogP contribution in [0.2, 0.25) is 0 Å². The molecule has 27 heavy (non-hydrogen) atoms. The average molecular weight is 419 g/mol. The Labute approximate surface area is 172 Å². The van der Waals surface area contributed by atoms with Crippen molar-refractivity contribution in [1.82, 2.24) is 9.80 Å². The number of methoxy groups -OCH3 is 1. The third-order valence-corrected chi connectivity index (χ3v) is 4.89. The van der Waals surface area contributed by atoms with Gasteiger partial charge in [0.15, 0.2) is 0 Å². The Morgan fingerprint density at radius 2 is 1.78 bits per heavy atom. The van der Waals surface area contributed by atoms with E-state index < -0.39 is 6.04 Å². The topological polar surface area (TPSA) is 79.1 Å². The summed E-state index contributed by atoms with van der Waals surface area (Å²) in [5.74, 6) is 0.0436. The lowest BCUT2D eigenvalue weighted by atomic mass is 10.2. The number of hydrogen-bond acceptors (Lipinski definition) is 5. The molecule has 2 aliphatic heterocycles. The summed E-state index contributed by atoms with van der Waals surface area (Å²) in [7, 11) is 1.53. The number of fused-ring (bicyclic) bond motifs is 1. The Hall–Kier alpha value is -1.38. The highest BCUT2D eigenvalue weighted by molar-refractivity contribution is 5.96. The van der Waals surface area contributed by atoms with E-state index in [1.165, 1.54) is 12.7 Å². The van der Waals surface area contributed by atoms with E-state index in [1.807, 2.05) is 23.1 Å². The molecule has 0 bridgehead atoms. The normalized spacial score (nSPS) is 17.6. The molecule has 7 nitrogen and oxygen atoms in total. The summed E-state index contributed by atoms with van der Waals surface area (Å²) in [4.78, 5) is 30.6. The molecule has 1 saturated heterocycles. The number of amides is 2. The molecule has 152 valence electrons. The van der Waals surface area contributed by atoms with Crippen LogP contribution in [0.25, 0.3) is 0 Å². The summed E-state index contributed by atoms with van der Waals surface area (Å²) in [5, 5.41) is 0. The molecule has 0 aromatic heterocycles. The lowest BCUT2D eigenvalue weighted by molar-refractivity contribution is -0.135. The summed E-state index contributed by atoms with van der Waals surface area (Å²) >= 11 is 0. The van der Waals surface area contributed by atoms with Crippen molar-refractivity contribution >= 4 is 42.3 Å². The lowest BCUT2D eigenvalue weighted by Crippen LogP contribution is -2.55. The van der Waals surface area contributed by atoms with E-state index in [1.54, 1.807) is 4.90 Å². The maximum absolute atomic E-state index is 12.7.